The highest BCUT2D eigenvalue weighted by Gasteiger charge is 2.22. The minimum absolute atomic E-state index is 0.227. The number of hydrogen-bond acceptors (Lipinski definition) is 5. The van der Waals surface area contributed by atoms with Crippen LogP contribution in [-0.2, 0) is 11.8 Å². The third-order valence-corrected chi connectivity index (χ3v) is 4.87. The first-order valence-electron chi connectivity index (χ1n) is 8.29. The molecular formula is C17H15FN6O2. The van der Waals surface area contributed by atoms with Gasteiger partial charge >= 0.3 is 0 Å². The van der Waals surface area contributed by atoms with Crippen LogP contribution in [0.1, 0.15) is 18.0 Å². The molecule has 1 atom stereocenters. The first kappa shape index (κ1) is 15.2. The standard InChI is InChI=1S/C17H15FN6O2/c1-22-16-15(24-7-13(20-21-24)10-4-5-26-8-10)19-9-23(16)14-3-2-11(18)6-12(14)17(22)25/h2-3,6-7,9-10H,4-5,8H2,1H3. The molecule has 4 aromatic rings. The Morgan fingerprint density at radius 3 is 3.04 bits per heavy atom. The maximum atomic E-state index is 13.6. The van der Waals surface area contributed by atoms with Gasteiger partial charge in [-0.2, -0.15) is 4.68 Å². The average molecular weight is 354 g/mol. The van der Waals surface area contributed by atoms with E-state index in [2.05, 4.69) is 15.3 Å². The number of hydrogen-bond donors (Lipinski definition) is 0. The molecule has 0 aliphatic carbocycles. The minimum Gasteiger partial charge on any atom is -0.381 e. The van der Waals surface area contributed by atoms with Crippen molar-refractivity contribution in [3.63, 3.8) is 0 Å². The quantitative estimate of drug-likeness (QED) is 0.544. The van der Waals surface area contributed by atoms with Crippen molar-refractivity contribution in [1.29, 1.82) is 0 Å². The van der Waals surface area contributed by atoms with Gasteiger partial charge in [0.05, 0.1) is 29.4 Å². The molecule has 1 aliphatic rings. The molecule has 1 saturated heterocycles. The molecule has 0 N–H and O–H groups in total. The van der Waals surface area contributed by atoms with Crippen molar-refractivity contribution in [3.05, 3.63) is 52.6 Å². The molecule has 5 rings (SSSR count). The van der Waals surface area contributed by atoms with Gasteiger partial charge in [0.15, 0.2) is 11.5 Å². The van der Waals surface area contributed by atoms with Crippen LogP contribution in [0.3, 0.4) is 0 Å². The maximum absolute atomic E-state index is 13.6. The lowest BCUT2D eigenvalue weighted by molar-refractivity contribution is 0.193. The second-order valence-electron chi connectivity index (χ2n) is 6.44. The molecular weight excluding hydrogens is 339 g/mol. The number of imidazole rings is 1. The van der Waals surface area contributed by atoms with Crippen LogP contribution >= 0.6 is 0 Å². The van der Waals surface area contributed by atoms with Crippen molar-refractivity contribution in [1.82, 2.24) is 28.9 Å². The van der Waals surface area contributed by atoms with Crippen LogP contribution in [0.15, 0.2) is 35.5 Å². The van der Waals surface area contributed by atoms with E-state index in [1.807, 2.05) is 6.20 Å². The summed E-state index contributed by atoms with van der Waals surface area (Å²) in [5, 5.41) is 8.71. The van der Waals surface area contributed by atoms with Gasteiger partial charge < -0.3 is 4.74 Å². The number of ether oxygens (including phenoxy) is 1. The van der Waals surface area contributed by atoms with E-state index < -0.39 is 5.82 Å². The Bertz CT molecular complexity index is 1200. The van der Waals surface area contributed by atoms with Crippen LogP contribution in [0.4, 0.5) is 4.39 Å². The summed E-state index contributed by atoms with van der Waals surface area (Å²) in [6.07, 6.45) is 4.34. The maximum Gasteiger partial charge on any atom is 0.261 e. The fraction of sp³-hybridized carbons (Fsp3) is 0.294. The number of benzene rings is 1. The van der Waals surface area contributed by atoms with Crippen LogP contribution in [0, 0.1) is 5.82 Å². The summed E-state index contributed by atoms with van der Waals surface area (Å²) >= 11 is 0. The summed E-state index contributed by atoms with van der Waals surface area (Å²) in [5.41, 5.74) is 1.70. The average Bonchev–Trinajstić information content (AvgIpc) is 3.38. The first-order valence-corrected chi connectivity index (χ1v) is 8.29. The highest BCUT2D eigenvalue weighted by molar-refractivity contribution is 5.82. The Balaban J connectivity index is 1.74. The van der Waals surface area contributed by atoms with Crippen molar-refractivity contribution in [2.75, 3.05) is 13.2 Å². The highest BCUT2D eigenvalue weighted by Crippen LogP contribution is 2.24. The zero-order chi connectivity index (χ0) is 17.8. The van der Waals surface area contributed by atoms with E-state index in [0.717, 1.165) is 18.7 Å². The monoisotopic (exact) mass is 354 g/mol. The van der Waals surface area contributed by atoms with Gasteiger partial charge in [0.1, 0.15) is 12.1 Å². The van der Waals surface area contributed by atoms with Crippen LogP contribution in [0.5, 0.6) is 0 Å². The second-order valence-corrected chi connectivity index (χ2v) is 6.44. The predicted molar refractivity (Wildman–Crippen MR) is 91.0 cm³/mol. The van der Waals surface area contributed by atoms with E-state index in [1.165, 1.54) is 16.7 Å². The molecule has 9 heteroatoms. The van der Waals surface area contributed by atoms with Crippen molar-refractivity contribution in [2.45, 2.75) is 12.3 Å². The van der Waals surface area contributed by atoms with E-state index in [0.29, 0.717) is 29.0 Å². The second kappa shape index (κ2) is 5.46. The van der Waals surface area contributed by atoms with E-state index in [-0.39, 0.29) is 11.5 Å². The zero-order valence-electron chi connectivity index (χ0n) is 14.0. The number of fused-ring (bicyclic) bond motifs is 3. The van der Waals surface area contributed by atoms with Gasteiger partial charge in [-0.3, -0.25) is 13.8 Å². The SMILES string of the molecule is Cn1c(=O)c2cc(F)ccc2n2cnc(-n3cc(C4CCOC4)nn3)c12. The van der Waals surface area contributed by atoms with E-state index >= 15 is 0 Å². The molecule has 0 radical (unpaired) electrons. The summed E-state index contributed by atoms with van der Waals surface area (Å²) in [6, 6.07) is 4.14. The van der Waals surface area contributed by atoms with Crippen LogP contribution < -0.4 is 5.56 Å². The van der Waals surface area contributed by atoms with Crippen LogP contribution in [0.25, 0.3) is 22.4 Å². The molecule has 0 bridgehead atoms. The Hall–Kier alpha value is -3.07. The smallest absolute Gasteiger partial charge is 0.261 e. The van der Waals surface area contributed by atoms with Gasteiger partial charge in [-0.05, 0) is 24.6 Å². The molecule has 3 aromatic heterocycles. The topological polar surface area (TPSA) is 79.2 Å². The fourth-order valence-corrected chi connectivity index (χ4v) is 3.48. The molecule has 8 nitrogen and oxygen atoms in total. The molecule has 26 heavy (non-hydrogen) atoms. The van der Waals surface area contributed by atoms with Gasteiger partial charge in [0.2, 0.25) is 0 Å². The Morgan fingerprint density at radius 1 is 1.35 bits per heavy atom. The third-order valence-electron chi connectivity index (χ3n) is 4.87. The largest absolute Gasteiger partial charge is 0.381 e. The van der Waals surface area contributed by atoms with E-state index in [4.69, 9.17) is 4.74 Å². The number of aromatic nitrogens is 6. The lowest BCUT2D eigenvalue weighted by atomic mass is 10.1. The van der Waals surface area contributed by atoms with Crippen molar-refractivity contribution >= 4 is 16.6 Å². The lowest BCUT2D eigenvalue weighted by Gasteiger charge is -2.08. The number of aryl methyl sites for hydroxylation is 1. The molecule has 132 valence electrons. The highest BCUT2D eigenvalue weighted by atomic mass is 19.1. The van der Waals surface area contributed by atoms with Crippen LogP contribution in [0.2, 0.25) is 0 Å². The van der Waals surface area contributed by atoms with Gasteiger partial charge in [-0.25, -0.2) is 9.37 Å². The molecule has 0 spiro atoms. The number of halogens is 1. The van der Waals surface area contributed by atoms with Crippen molar-refractivity contribution in [3.8, 4) is 5.82 Å². The molecule has 1 fully saturated rings. The van der Waals surface area contributed by atoms with Crippen LogP contribution in [-0.4, -0.2) is 42.2 Å². The Kier molecular flexibility index (Phi) is 3.20. The summed E-state index contributed by atoms with van der Waals surface area (Å²) in [5.74, 6) is 0.271. The first-order chi connectivity index (χ1) is 12.6. The predicted octanol–water partition coefficient (Wildman–Crippen LogP) is 1.41. The van der Waals surface area contributed by atoms with Gasteiger partial charge in [-0.1, -0.05) is 5.21 Å². The van der Waals surface area contributed by atoms with Gasteiger partial charge in [0, 0.05) is 19.6 Å². The molecule has 0 saturated carbocycles. The van der Waals surface area contributed by atoms with Crippen molar-refractivity contribution in [2.24, 2.45) is 7.05 Å². The summed E-state index contributed by atoms with van der Waals surface area (Å²) < 4.78 is 23.7. The molecule has 4 heterocycles. The molecule has 1 aliphatic heterocycles. The number of rotatable bonds is 2. The molecule has 1 aromatic carbocycles. The molecule has 1 unspecified atom stereocenters. The van der Waals surface area contributed by atoms with Crippen molar-refractivity contribution < 1.29 is 9.13 Å². The van der Waals surface area contributed by atoms with Gasteiger partial charge in [0.25, 0.3) is 5.56 Å². The Labute approximate surface area is 146 Å². The minimum atomic E-state index is -0.450. The molecule has 0 amide bonds. The lowest BCUT2D eigenvalue weighted by Crippen LogP contribution is -2.20. The Morgan fingerprint density at radius 2 is 2.23 bits per heavy atom. The van der Waals surface area contributed by atoms with Gasteiger partial charge in [-0.15, -0.1) is 5.10 Å². The van der Waals surface area contributed by atoms with E-state index in [1.54, 1.807) is 28.5 Å². The zero-order valence-corrected chi connectivity index (χ0v) is 14.0. The third kappa shape index (κ3) is 2.10. The normalized spacial score (nSPS) is 17.5. The summed E-state index contributed by atoms with van der Waals surface area (Å²) in [4.78, 5) is 17.1. The summed E-state index contributed by atoms with van der Waals surface area (Å²) in [7, 11) is 1.63. The van der Waals surface area contributed by atoms with E-state index in [9.17, 15) is 9.18 Å². The fourth-order valence-electron chi connectivity index (χ4n) is 3.48. The summed E-state index contributed by atoms with van der Waals surface area (Å²) in [6.45, 7) is 1.36. The number of nitrogens with zero attached hydrogens (tertiary/aromatic N) is 6.